The van der Waals surface area contributed by atoms with E-state index < -0.39 is 0 Å². The lowest BCUT2D eigenvalue weighted by Gasteiger charge is -2.09. The fraction of sp³-hybridized carbons (Fsp3) is 0.286. The molecule has 1 heterocycles. The molecule has 4 heteroatoms. The Balaban J connectivity index is 2.55. The van der Waals surface area contributed by atoms with E-state index >= 15 is 0 Å². The topological polar surface area (TPSA) is 28.7 Å². The molecular weight excluding hydrogens is 247 g/mol. The van der Waals surface area contributed by atoms with Gasteiger partial charge in [0.15, 0.2) is 0 Å². The van der Waals surface area contributed by atoms with Crippen LogP contribution < -0.4 is 0 Å². The first-order chi connectivity index (χ1) is 8.61. The Kier molecular flexibility index (Phi) is 3.87. The molecule has 0 aliphatic rings. The molecule has 0 aliphatic carbocycles. The molecule has 18 heavy (non-hydrogen) atoms. The standard InChI is InChI=1S/C14H15FN2S/c1-3-4-12-16-13(9(2)14(18)17-12)10-5-7-11(15)8-6-10/h5-8H,3-4H2,1-2H3,(H,16,17,18). The molecule has 0 unspecified atom stereocenters. The summed E-state index contributed by atoms with van der Waals surface area (Å²) in [5.74, 6) is 0.644. The summed E-state index contributed by atoms with van der Waals surface area (Å²) in [5.41, 5.74) is 2.79. The van der Waals surface area contributed by atoms with Crippen molar-refractivity contribution in [3.05, 3.63) is 46.1 Å². The van der Waals surface area contributed by atoms with Crippen LogP contribution in [-0.2, 0) is 6.42 Å². The third kappa shape index (κ3) is 2.64. The number of nitrogens with one attached hydrogen (secondary N) is 1. The minimum Gasteiger partial charge on any atom is -0.343 e. The lowest BCUT2D eigenvalue weighted by Crippen LogP contribution is -2.00. The lowest BCUT2D eigenvalue weighted by atomic mass is 10.1. The van der Waals surface area contributed by atoms with Crippen LogP contribution in [0.15, 0.2) is 24.3 Å². The van der Waals surface area contributed by atoms with E-state index in [-0.39, 0.29) is 5.82 Å². The van der Waals surface area contributed by atoms with E-state index in [9.17, 15) is 4.39 Å². The van der Waals surface area contributed by atoms with Crippen LogP contribution in [0.3, 0.4) is 0 Å². The smallest absolute Gasteiger partial charge is 0.133 e. The fourth-order valence-corrected chi connectivity index (χ4v) is 2.05. The first-order valence-electron chi connectivity index (χ1n) is 5.97. The molecule has 2 aromatic rings. The summed E-state index contributed by atoms with van der Waals surface area (Å²) in [5, 5.41) is 0. The SMILES string of the molecule is CCCc1nc(=S)c(C)c(-c2ccc(F)cc2)[nH]1. The van der Waals surface area contributed by atoms with Gasteiger partial charge in [0.05, 0.1) is 5.69 Å². The second-order valence-electron chi connectivity index (χ2n) is 4.25. The van der Waals surface area contributed by atoms with Crippen molar-refractivity contribution in [1.82, 2.24) is 9.97 Å². The van der Waals surface area contributed by atoms with E-state index in [2.05, 4.69) is 16.9 Å². The Morgan fingerprint density at radius 1 is 1.28 bits per heavy atom. The Morgan fingerprint density at radius 2 is 1.94 bits per heavy atom. The summed E-state index contributed by atoms with van der Waals surface area (Å²) < 4.78 is 13.5. The largest absolute Gasteiger partial charge is 0.343 e. The zero-order chi connectivity index (χ0) is 13.1. The van der Waals surface area contributed by atoms with Crippen molar-refractivity contribution in [2.24, 2.45) is 0 Å². The summed E-state index contributed by atoms with van der Waals surface area (Å²) in [6.07, 6.45) is 1.86. The van der Waals surface area contributed by atoms with Crippen LogP contribution in [0.1, 0.15) is 24.7 Å². The lowest BCUT2D eigenvalue weighted by molar-refractivity contribution is 0.628. The van der Waals surface area contributed by atoms with Crippen molar-refractivity contribution in [2.45, 2.75) is 26.7 Å². The van der Waals surface area contributed by atoms with Gasteiger partial charge in [0, 0.05) is 12.0 Å². The predicted molar refractivity (Wildman–Crippen MR) is 73.5 cm³/mol. The Morgan fingerprint density at radius 3 is 2.56 bits per heavy atom. The molecule has 94 valence electrons. The van der Waals surface area contributed by atoms with Gasteiger partial charge in [-0.1, -0.05) is 19.1 Å². The molecular formula is C14H15FN2S. The van der Waals surface area contributed by atoms with Gasteiger partial charge in [0.2, 0.25) is 0 Å². The fourth-order valence-electron chi connectivity index (χ4n) is 1.84. The van der Waals surface area contributed by atoms with Gasteiger partial charge in [-0.05, 0) is 43.2 Å². The molecule has 2 nitrogen and oxygen atoms in total. The monoisotopic (exact) mass is 262 g/mol. The van der Waals surface area contributed by atoms with Crippen LogP contribution in [0.4, 0.5) is 4.39 Å². The van der Waals surface area contributed by atoms with Crippen molar-refractivity contribution in [2.75, 3.05) is 0 Å². The van der Waals surface area contributed by atoms with Gasteiger partial charge in [0.25, 0.3) is 0 Å². The molecule has 0 saturated carbocycles. The van der Waals surface area contributed by atoms with Crippen LogP contribution >= 0.6 is 12.2 Å². The van der Waals surface area contributed by atoms with Crippen molar-refractivity contribution in [3.63, 3.8) is 0 Å². The number of hydrogen-bond acceptors (Lipinski definition) is 2. The minimum atomic E-state index is -0.238. The van der Waals surface area contributed by atoms with Crippen LogP contribution in [0.2, 0.25) is 0 Å². The van der Waals surface area contributed by atoms with Gasteiger partial charge in [0.1, 0.15) is 16.3 Å². The molecule has 0 bridgehead atoms. The summed E-state index contributed by atoms with van der Waals surface area (Å²) in [6.45, 7) is 4.02. The minimum absolute atomic E-state index is 0.238. The van der Waals surface area contributed by atoms with E-state index in [4.69, 9.17) is 12.2 Å². The summed E-state index contributed by atoms with van der Waals surface area (Å²) in [4.78, 5) is 7.64. The quantitative estimate of drug-likeness (QED) is 0.839. The summed E-state index contributed by atoms with van der Waals surface area (Å²) in [7, 11) is 0. The van der Waals surface area contributed by atoms with Crippen LogP contribution in [0, 0.1) is 17.4 Å². The van der Waals surface area contributed by atoms with E-state index in [0.717, 1.165) is 35.5 Å². The van der Waals surface area contributed by atoms with Crippen LogP contribution in [0.25, 0.3) is 11.3 Å². The van der Waals surface area contributed by atoms with Gasteiger partial charge in [-0.15, -0.1) is 0 Å². The third-order valence-corrected chi connectivity index (χ3v) is 3.22. The van der Waals surface area contributed by atoms with Gasteiger partial charge >= 0.3 is 0 Å². The van der Waals surface area contributed by atoms with Crippen LogP contribution in [-0.4, -0.2) is 9.97 Å². The average Bonchev–Trinajstić information content (AvgIpc) is 2.35. The first kappa shape index (κ1) is 12.9. The molecule has 0 spiro atoms. The molecule has 0 atom stereocenters. The number of halogens is 1. The number of H-pyrrole nitrogens is 1. The van der Waals surface area contributed by atoms with Gasteiger partial charge < -0.3 is 4.98 Å². The number of benzene rings is 1. The van der Waals surface area contributed by atoms with Crippen molar-refractivity contribution >= 4 is 12.2 Å². The zero-order valence-corrected chi connectivity index (χ0v) is 11.3. The molecule has 0 amide bonds. The number of rotatable bonds is 3. The average molecular weight is 262 g/mol. The second kappa shape index (κ2) is 5.40. The Bertz CT molecular complexity index is 602. The van der Waals surface area contributed by atoms with Gasteiger partial charge in [-0.2, -0.15) is 0 Å². The van der Waals surface area contributed by atoms with Crippen molar-refractivity contribution in [3.8, 4) is 11.3 Å². The maximum absolute atomic E-state index is 12.9. The molecule has 1 N–H and O–H groups in total. The second-order valence-corrected chi connectivity index (χ2v) is 4.63. The maximum atomic E-state index is 12.9. The molecule has 2 rings (SSSR count). The molecule has 0 aliphatic heterocycles. The zero-order valence-electron chi connectivity index (χ0n) is 10.5. The highest BCUT2D eigenvalue weighted by Gasteiger charge is 2.07. The number of nitrogens with zero attached hydrogens (tertiary/aromatic N) is 1. The van der Waals surface area contributed by atoms with E-state index in [0.29, 0.717) is 4.64 Å². The summed E-state index contributed by atoms with van der Waals surface area (Å²) >= 11 is 5.26. The number of hydrogen-bond donors (Lipinski definition) is 1. The highest BCUT2D eigenvalue weighted by Crippen LogP contribution is 2.22. The summed E-state index contributed by atoms with van der Waals surface area (Å²) in [6, 6.07) is 6.40. The maximum Gasteiger partial charge on any atom is 0.133 e. The number of aryl methyl sites for hydroxylation is 1. The molecule has 0 fully saturated rings. The van der Waals surface area contributed by atoms with Gasteiger partial charge in [-0.3, -0.25) is 0 Å². The van der Waals surface area contributed by atoms with E-state index in [1.54, 1.807) is 12.1 Å². The molecule has 1 aromatic heterocycles. The van der Waals surface area contributed by atoms with Crippen molar-refractivity contribution < 1.29 is 4.39 Å². The van der Waals surface area contributed by atoms with E-state index in [1.165, 1.54) is 12.1 Å². The Labute approximate surface area is 111 Å². The molecule has 1 aromatic carbocycles. The normalized spacial score (nSPS) is 10.6. The Hall–Kier alpha value is -1.55. The highest BCUT2D eigenvalue weighted by molar-refractivity contribution is 7.71. The number of aromatic amines is 1. The highest BCUT2D eigenvalue weighted by atomic mass is 32.1. The molecule has 0 saturated heterocycles. The first-order valence-corrected chi connectivity index (χ1v) is 6.38. The molecule has 0 radical (unpaired) electrons. The van der Waals surface area contributed by atoms with Crippen LogP contribution in [0.5, 0.6) is 0 Å². The predicted octanol–water partition coefficient (Wildman–Crippen LogP) is 4.21. The van der Waals surface area contributed by atoms with Crippen molar-refractivity contribution in [1.29, 1.82) is 0 Å². The van der Waals surface area contributed by atoms with Gasteiger partial charge in [-0.25, -0.2) is 9.37 Å². The number of aromatic nitrogens is 2. The third-order valence-electron chi connectivity index (χ3n) is 2.82. The van der Waals surface area contributed by atoms with E-state index in [1.807, 2.05) is 6.92 Å².